The van der Waals surface area contributed by atoms with Gasteiger partial charge in [0.25, 0.3) is 5.56 Å². The van der Waals surface area contributed by atoms with Gasteiger partial charge in [0.15, 0.2) is 5.16 Å². The van der Waals surface area contributed by atoms with E-state index in [0.717, 1.165) is 0 Å². The summed E-state index contributed by atoms with van der Waals surface area (Å²) in [6.07, 6.45) is -0.0996. The van der Waals surface area contributed by atoms with Crippen molar-refractivity contribution in [3.63, 3.8) is 0 Å². The van der Waals surface area contributed by atoms with Crippen LogP contribution in [0.2, 0.25) is 0 Å². The first-order valence-corrected chi connectivity index (χ1v) is 8.75. The molecule has 3 aromatic rings. The molecule has 1 atom stereocenters. The van der Waals surface area contributed by atoms with Gasteiger partial charge in [0.2, 0.25) is 11.8 Å². The van der Waals surface area contributed by atoms with Crippen LogP contribution < -0.4 is 5.56 Å². The molecule has 3 rings (SSSR count). The molecule has 0 radical (unpaired) electrons. The molecule has 1 N–H and O–H groups in total. The van der Waals surface area contributed by atoms with Crippen LogP contribution in [0.4, 0.5) is 4.39 Å². The molecule has 0 fully saturated rings. The maximum absolute atomic E-state index is 13.0. The predicted molar refractivity (Wildman–Crippen MR) is 94.5 cm³/mol. The molecule has 0 saturated carbocycles. The van der Waals surface area contributed by atoms with Crippen LogP contribution in [0.5, 0.6) is 0 Å². The van der Waals surface area contributed by atoms with Gasteiger partial charge in [-0.05, 0) is 31.2 Å². The van der Waals surface area contributed by atoms with E-state index >= 15 is 0 Å². The van der Waals surface area contributed by atoms with Gasteiger partial charge in [-0.2, -0.15) is 0 Å². The van der Waals surface area contributed by atoms with E-state index in [-0.39, 0.29) is 28.9 Å². The Balaban J connectivity index is 1.75. The molecule has 140 valence electrons. The first-order chi connectivity index (χ1) is 12.9. The Kier molecular flexibility index (Phi) is 5.65. The van der Waals surface area contributed by atoms with Crippen LogP contribution in [-0.2, 0) is 16.0 Å². The molecule has 27 heavy (non-hydrogen) atoms. The largest absolute Gasteiger partial charge is 0.469 e. The highest BCUT2D eigenvalue weighted by Gasteiger charge is 2.18. The third-order valence-corrected chi connectivity index (χ3v) is 4.47. The summed E-state index contributed by atoms with van der Waals surface area (Å²) in [5.74, 6) is -0.263. The van der Waals surface area contributed by atoms with E-state index in [1.54, 1.807) is 19.1 Å². The second-order valence-electron chi connectivity index (χ2n) is 5.51. The zero-order chi connectivity index (χ0) is 19.4. The first-order valence-electron chi connectivity index (χ1n) is 7.87. The van der Waals surface area contributed by atoms with Crippen molar-refractivity contribution in [2.24, 2.45) is 0 Å². The molecule has 2 heterocycles. The third-order valence-electron chi connectivity index (χ3n) is 3.49. The number of nitrogens with one attached hydrogen (secondary N) is 1. The number of rotatable bonds is 6. The summed E-state index contributed by atoms with van der Waals surface area (Å²) in [6.45, 7) is 1.81. The van der Waals surface area contributed by atoms with Gasteiger partial charge < -0.3 is 14.1 Å². The number of methoxy groups -OCH3 is 1. The standard InChI is InChI=1S/C17H15FN4O4S/c1-9(15-21-22-16(26-15)10-3-5-11(18)6-4-10)27-17-19-12(7-13(23)20-17)8-14(24)25-2/h3-7,9H,8H2,1-2H3,(H,19,20,23)/t9-/m0/s1. The number of carbonyl (C=O) groups is 1. The molecule has 10 heteroatoms. The lowest BCUT2D eigenvalue weighted by Gasteiger charge is -2.07. The summed E-state index contributed by atoms with van der Waals surface area (Å²) in [5, 5.41) is 7.95. The molecule has 0 unspecified atom stereocenters. The van der Waals surface area contributed by atoms with Gasteiger partial charge >= 0.3 is 5.97 Å². The van der Waals surface area contributed by atoms with E-state index in [9.17, 15) is 14.0 Å². The van der Waals surface area contributed by atoms with E-state index in [4.69, 9.17) is 4.42 Å². The number of hydrogen-bond donors (Lipinski definition) is 1. The highest BCUT2D eigenvalue weighted by molar-refractivity contribution is 7.99. The fourth-order valence-electron chi connectivity index (χ4n) is 2.18. The second kappa shape index (κ2) is 8.12. The van der Waals surface area contributed by atoms with Crippen molar-refractivity contribution < 1.29 is 18.3 Å². The molecular weight excluding hydrogens is 375 g/mol. The number of carbonyl (C=O) groups excluding carboxylic acids is 1. The monoisotopic (exact) mass is 390 g/mol. The van der Waals surface area contributed by atoms with Gasteiger partial charge in [0.1, 0.15) is 5.82 Å². The van der Waals surface area contributed by atoms with Gasteiger partial charge in [0.05, 0.1) is 24.5 Å². The maximum atomic E-state index is 13.0. The van der Waals surface area contributed by atoms with Gasteiger partial charge in [-0.1, -0.05) is 11.8 Å². The number of nitrogens with zero attached hydrogens (tertiary/aromatic N) is 3. The Morgan fingerprint density at radius 1 is 1.33 bits per heavy atom. The molecule has 0 spiro atoms. The SMILES string of the molecule is COC(=O)Cc1cc(=O)[nH]c(S[C@@H](C)c2nnc(-c3ccc(F)cc3)o2)n1. The van der Waals surface area contributed by atoms with E-state index < -0.39 is 5.97 Å². The number of benzene rings is 1. The molecule has 0 aliphatic carbocycles. The lowest BCUT2D eigenvalue weighted by atomic mass is 10.2. The van der Waals surface area contributed by atoms with Gasteiger partial charge in [-0.25, -0.2) is 9.37 Å². The van der Waals surface area contributed by atoms with Crippen molar-refractivity contribution >= 4 is 17.7 Å². The fourth-order valence-corrected chi connectivity index (χ4v) is 3.04. The van der Waals surface area contributed by atoms with Crippen molar-refractivity contribution in [3.05, 3.63) is 58.1 Å². The van der Waals surface area contributed by atoms with Gasteiger partial charge in [-0.15, -0.1) is 10.2 Å². The summed E-state index contributed by atoms with van der Waals surface area (Å²) in [5.41, 5.74) is 0.521. The Morgan fingerprint density at radius 3 is 2.78 bits per heavy atom. The summed E-state index contributed by atoms with van der Waals surface area (Å²) in [4.78, 5) is 30.0. The summed E-state index contributed by atoms with van der Waals surface area (Å²) < 4.78 is 23.2. The second-order valence-corrected chi connectivity index (χ2v) is 6.84. The quantitative estimate of drug-likeness (QED) is 0.388. The van der Waals surface area contributed by atoms with Crippen LogP contribution in [0, 0.1) is 5.82 Å². The average molecular weight is 390 g/mol. The maximum Gasteiger partial charge on any atom is 0.311 e. The Hall–Kier alpha value is -3.01. The summed E-state index contributed by atoms with van der Waals surface area (Å²) in [6, 6.07) is 6.93. The Morgan fingerprint density at radius 2 is 2.07 bits per heavy atom. The number of esters is 1. The summed E-state index contributed by atoms with van der Waals surface area (Å²) >= 11 is 1.20. The zero-order valence-corrected chi connectivity index (χ0v) is 15.2. The van der Waals surface area contributed by atoms with Crippen molar-refractivity contribution in [1.29, 1.82) is 0 Å². The number of halogens is 1. The third kappa shape index (κ3) is 4.79. The number of hydrogen-bond acceptors (Lipinski definition) is 8. The normalized spacial score (nSPS) is 12.0. The van der Waals surface area contributed by atoms with Crippen LogP contribution in [0.25, 0.3) is 11.5 Å². The molecule has 0 aliphatic heterocycles. The molecule has 0 saturated heterocycles. The highest BCUT2D eigenvalue weighted by Crippen LogP contribution is 2.32. The smallest absolute Gasteiger partial charge is 0.311 e. The fraction of sp³-hybridized carbons (Fsp3) is 0.235. The molecule has 8 nitrogen and oxygen atoms in total. The Bertz CT molecular complexity index is 1000. The minimum absolute atomic E-state index is 0.0996. The number of aromatic nitrogens is 4. The molecule has 1 aromatic carbocycles. The number of aromatic amines is 1. The van der Waals surface area contributed by atoms with Crippen LogP contribution in [0.1, 0.15) is 23.8 Å². The number of ether oxygens (including phenoxy) is 1. The van der Waals surface area contributed by atoms with Crippen LogP contribution >= 0.6 is 11.8 Å². The number of H-pyrrole nitrogens is 1. The molecule has 0 bridgehead atoms. The van der Waals surface area contributed by atoms with Crippen LogP contribution in [0.15, 0.2) is 44.7 Å². The van der Waals surface area contributed by atoms with Crippen molar-refractivity contribution in [3.8, 4) is 11.5 Å². The first kappa shape index (κ1) is 18.8. The molecular formula is C17H15FN4O4S. The lowest BCUT2D eigenvalue weighted by molar-refractivity contribution is -0.139. The minimum atomic E-state index is -0.488. The highest BCUT2D eigenvalue weighted by atomic mass is 32.2. The van der Waals surface area contributed by atoms with Gasteiger partial charge in [-0.3, -0.25) is 9.59 Å². The Labute approximate surface area is 157 Å². The minimum Gasteiger partial charge on any atom is -0.469 e. The number of thioether (sulfide) groups is 1. The van der Waals surface area contributed by atoms with Crippen molar-refractivity contribution in [2.45, 2.75) is 23.8 Å². The predicted octanol–water partition coefficient (Wildman–Crippen LogP) is 2.53. The van der Waals surface area contributed by atoms with Crippen molar-refractivity contribution in [2.75, 3.05) is 7.11 Å². The molecule has 2 aromatic heterocycles. The molecule has 0 aliphatic rings. The van der Waals surface area contributed by atoms with Crippen LogP contribution in [0.3, 0.4) is 0 Å². The van der Waals surface area contributed by atoms with Crippen LogP contribution in [-0.4, -0.2) is 33.2 Å². The van der Waals surface area contributed by atoms with E-state index in [0.29, 0.717) is 22.3 Å². The average Bonchev–Trinajstić information content (AvgIpc) is 3.12. The molecule has 0 amide bonds. The van der Waals surface area contributed by atoms with E-state index in [2.05, 4.69) is 24.9 Å². The topological polar surface area (TPSA) is 111 Å². The van der Waals surface area contributed by atoms with E-state index in [1.165, 1.54) is 37.1 Å². The van der Waals surface area contributed by atoms with Crippen molar-refractivity contribution in [1.82, 2.24) is 20.2 Å². The summed E-state index contributed by atoms with van der Waals surface area (Å²) in [7, 11) is 1.27. The van der Waals surface area contributed by atoms with Gasteiger partial charge in [0, 0.05) is 11.6 Å². The lowest BCUT2D eigenvalue weighted by Crippen LogP contribution is -2.14. The zero-order valence-electron chi connectivity index (χ0n) is 14.4. The van der Waals surface area contributed by atoms with E-state index in [1.807, 2.05) is 0 Å².